The highest BCUT2D eigenvalue weighted by Gasteiger charge is 2.57. The summed E-state index contributed by atoms with van der Waals surface area (Å²) >= 11 is 0. The summed E-state index contributed by atoms with van der Waals surface area (Å²) in [6, 6.07) is 7.46. The van der Waals surface area contributed by atoms with E-state index >= 15 is 0 Å². The molecule has 0 radical (unpaired) electrons. The monoisotopic (exact) mass is 344 g/mol. The number of urea groups is 1. The number of benzene rings is 1. The Labute approximate surface area is 145 Å². The maximum absolute atomic E-state index is 13.1. The summed E-state index contributed by atoms with van der Waals surface area (Å²) in [5.41, 5.74) is -1.19. The highest BCUT2D eigenvalue weighted by atomic mass is 16.2. The number of rotatable bonds is 6. The van der Waals surface area contributed by atoms with Gasteiger partial charge in [0.15, 0.2) is 5.41 Å². The number of carbonyl (C=O) groups excluding carboxylic acids is 5. The maximum atomic E-state index is 13.1. The SMILES string of the molecule is CCC1(c2ccccc2)C(=O)N(CC(C)=O)C(=O)N(CC(C)=O)C1=O. The average molecular weight is 344 g/mol. The fourth-order valence-corrected chi connectivity index (χ4v) is 3.07. The second-order valence-corrected chi connectivity index (χ2v) is 6.09. The Morgan fingerprint density at radius 1 is 0.880 bits per heavy atom. The first kappa shape index (κ1) is 18.5. The van der Waals surface area contributed by atoms with Crippen molar-refractivity contribution in [3.05, 3.63) is 35.9 Å². The molecule has 132 valence electrons. The lowest BCUT2D eigenvalue weighted by Crippen LogP contribution is -2.68. The molecule has 25 heavy (non-hydrogen) atoms. The molecule has 7 nitrogen and oxygen atoms in total. The number of ketones is 2. The van der Waals surface area contributed by atoms with Crippen molar-refractivity contribution in [3.8, 4) is 0 Å². The largest absolute Gasteiger partial charge is 0.334 e. The fraction of sp³-hybridized carbons (Fsp3) is 0.389. The summed E-state index contributed by atoms with van der Waals surface area (Å²) in [7, 11) is 0. The lowest BCUT2D eigenvalue weighted by atomic mass is 9.74. The number of nitrogens with zero attached hydrogens (tertiary/aromatic N) is 2. The third-order valence-corrected chi connectivity index (χ3v) is 4.24. The first-order valence-corrected chi connectivity index (χ1v) is 7.98. The Kier molecular flexibility index (Phi) is 5.15. The van der Waals surface area contributed by atoms with E-state index in [0.717, 1.165) is 9.80 Å². The molecule has 1 fully saturated rings. The molecule has 0 unspecified atom stereocenters. The normalized spacial score (nSPS) is 17.0. The molecule has 0 saturated carbocycles. The molecule has 4 amide bonds. The summed E-state index contributed by atoms with van der Waals surface area (Å²) in [5, 5.41) is 0. The molecule has 0 aromatic heterocycles. The Morgan fingerprint density at radius 3 is 1.68 bits per heavy atom. The Balaban J connectivity index is 2.65. The third kappa shape index (κ3) is 3.09. The fourth-order valence-electron chi connectivity index (χ4n) is 3.07. The van der Waals surface area contributed by atoms with Crippen LogP contribution in [0.25, 0.3) is 0 Å². The van der Waals surface area contributed by atoms with Gasteiger partial charge in [-0.3, -0.25) is 29.0 Å². The molecule has 0 spiro atoms. The van der Waals surface area contributed by atoms with Gasteiger partial charge in [-0.15, -0.1) is 0 Å². The molecule has 1 aromatic rings. The Bertz CT molecular complexity index is 703. The minimum atomic E-state index is -1.62. The molecule has 2 rings (SSSR count). The van der Waals surface area contributed by atoms with Crippen LogP contribution in [0.5, 0.6) is 0 Å². The van der Waals surface area contributed by atoms with Gasteiger partial charge in [-0.2, -0.15) is 0 Å². The van der Waals surface area contributed by atoms with E-state index in [4.69, 9.17) is 0 Å². The summed E-state index contributed by atoms with van der Waals surface area (Å²) in [6.07, 6.45) is 0.102. The molecular formula is C18H20N2O5. The predicted octanol–water partition coefficient (Wildman–Crippen LogP) is 1.30. The zero-order valence-corrected chi connectivity index (χ0v) is 14.4. The van der Waals surface area contributed by atoms with E-state index in [2.05, 4.69) is 0 Å². The van der Waals surface area contributed by atoms with E-state index < -0.39 is 47.9 Å². The van der Waals surface area contributed by atoms with Gasteiger partial charge in [-0.05, 0) is 25.8 Å². The topological polar surface area (TPSA) is 91.8 Å². The molecule has 0 atom stereocenters. The molecule has 1 heterocycles. The van der Waals surface area contributed by atoms with Gasteiger partial charge in [0.25, 0.3) is 11.8 Å². The Morgan fingerprint density at radius 2 is 1.32 bits per heavy atom. The quantitative estimate of drug-likeness (QED) is 0.726. The summed E-state index contributed by atoms with van der Waals surface area (Å²) < 4.78 is 0. The lowest BCUT2D eigenvalue weighted by Gasteiger charge is -2.43. The third-order valence-electron chi connectivity index (χ3n) is 4.24. The van der Waals surface area contributed by atoms with Crippen molar-refractivity contribution in [2.75, 3.05) is 13.1 Å². The van der Waals surface area contributed by atoms with Gasteiger partial charge >= 0.3 is 6.03 Å². The molecule has 1 aliphatic rings. The van der Waals surface area contributed by atoms with Gasteiger partial charge in [-0.1, -0.05) is 37.3 Å². The Hall–Kier alpha value is -2.83. The molecule has 0 N–H and O–H groups in total. The van der Waals surface area contributed by atoms with Crippen LogP contribution in [0.4, 0.5) is 4.79 Å². The lowest BCUT2D eigenvalue weighted by molar-refractivity contribution is -0.154. The standard InChI is InChI=1S/C18H20N2O5/c1-4-18(14-8-6-5-7-9-14)15(23)19(10-12(2)21)17(25)20(16(18)24)11-13(3)22/h5-9H,4,10-11H2,1-3H3. The van der Waals surface area contributed by atoms with Crippen molar-refractivity contribution in [2.24, 2.45) is 0 Å². The van der Waals surface area contributed by atoms with E-state index in [1.54, 1.807) is 37.3 Å². The number of Topliss-reactive ketones (excluding diaryl/α,β-unsaturated/α-hetero) is 2. The van der Waals surface area contributed by atoms with Crippen molar-refractivity contribution in [2.45, 2.75) is 32.6 Å². The summed E-state index contributed by atoms with van der Waals surface area (Å²) in [5.74, 6) is -2.24. The van der Waals surface area contributed by atoms with Crippen molar-refractivity contribution in [3.63, 3.8) is 0 Å². The number of hydrogen-bond donors (Lipinski definition) is 0. The van der Waals surface area contributed by atoms with Crippen molar-refractivity contribution < 1.29 is 24.0 Å². The van der Waals surface area contributed by atoms with Gasteiger partial charge < -0.3 is 0 Å². The minimum absolute atomic E-state index is 0.102. The highest BCUT2D eigenvalue weighted by molar-refractivity contribution is 6.24. The van der Waals surface area contributed by atoms with E-state index in [1.165, 1.54) is 13.8 Å². The average Bonchev–Trinajstić information content (AvgIpc) is 2.57. The van der Waals surface area contributed by atoms with Gasteiger partial charge in [0, 0.05) is 0 Å². The zero-order chi connectivity index (χ0) is 18.8. The number of hydrogen-bond acceptors (Lipinski definition) is 5. The second kappa shape index (κ2) is 6.96. The smallest absolute Gasteiger partial charge is 0.298 e. The molecule has 0 bridgehead atoms. The predicted molar refractivity (Wildman–Crippen MR) is 88.6 cm³/mol. The van der Waals surface area contributed by atoms with Crippen LogP contribution >= 0.6 is 0 Å². The van der Waals surface area contributed by atoms with E-state index in [9.17, 15) is 24.0 Å². The van der Waals surface area contributed by atoms with Gasteiger partial charge in [0.05, 0.1) is 13.1 Å². The minimum Gasteiger partial charge on any atom is -0.298 e. The van der Waals surface area contributed by atoms with Crippen LogP contribution in [0.2, 0.25) is 0 Å². The van der Waals surface area contributed by atoms with Gasteiger partial charge in [-0.25, -0.2) is 4.79 Å². The van der Waals surface area contributed by atoms with Crippen molar-refractivity contribution in [1.29, 1.82) is 0 Å². The van der Waals surface area contributed by atoms with E-state index in [1.807, 2.05) is 0 Å². The molecule has 7 heteroatoms. The highest BCUT2D eigenvalue weighted by Crippen LogP contribution is 2.36. The summed E-state index contributed by atoms with van der Waals surface area (Å²) in [6.45, 7) is 3.29. The molecular weight excluding hydrogens is 324 g/mol. The van der Waals surface area contributed by atoms with Crippen LogP contribution in [0.15, 0.2) is 30.3 Å². The maximum Gasteiger partial charge on any atom is 0.334 e. The van der Waals surface area contributed by atoms with Crippen LogP contribution in [0, 0.1) is 0 Å². The van der Waals surface area contributed by atoms with Crippen LogP contribution in [0.3, 0.4) is 0 Å². The number of imide groups is 2. The first-order valence-electron chi connectivity index (χ1n) is 7.98. The molecule has 0 aliphatic carbocycles. The van der Waals surface area contributed by atoms with Crippen LogP contribution in [0.1, 0.15) is 32.8 Å². The van der Waals surface area contributed by atoms with Crippen LogP contribution in [-0.2, 0) is 24.6 Å². The van der Waals surface area contributed by atoms with Crippen LogP contribution in [-0.4, -0.2) is 52.3 Å². The van der Waals surface area contributed by atoms with Crippen molar-refractivity contribution >= 4 is 29.4 Å². The molecule has 1 saturated heterocycles. The zero-order valence-electron chi connectivity index (χ0n) is 14.4. The van der Waals surface area contributed by atoms with Crippen molar-refractivity contribution in [1.82, 2.24) is 9.80 Å². The van der Waals surface area contributed by atoms with Gasteiger partial charge in [0.1, 0.15) is 11.6 Å². The second-order valence-electron chi connectivity index (χ2n) is 6.09. The number of carbonyl (C=O) groups is 5. The number of barbiturate groups is 1. The van der Waals surface area contributed by atoms with E-state index in [0.29, 0.717) is 5.56 Å². The summed E-state index contributed by atoms with van der Waals surface area (Å²) in [4.78, 5) is 63.3. The molecule has 1 aromatic carbocycles. The molecule has 1 aliphatic heterocycles. The van der Waals surface area contributed by atoms with Gasteiger partial charge in [0.2, 0.25) is 0 Å². The van der Waals surface area contributed by atoms with E-state index in [-0.39, 0.29) is 6.42 Å². The van der Waals surface area contributed by atoms with Crippen LogP contribution < -0.4 is 0 Å². The first-order chi connectivity index (χ1) is 11.8. The number of amides is 4.